The topological polar surface area (TPSA) is 79.3 Å². The van der Waals surface area contributed by atoms with Gasteiger partial charge >= 0.3 is 6.18 Å². The summed E-state index contributed by atoms with van der Waals surface area (Å²) in [5.74, 6) is 1.42. The van der Waals surface area contributed by atoms with E-state index in [2.05, 4.69) is 30.2 Å². The fraction of sp³-hybridized carbons (Fsp3) is 0.529. The summed E-state index contributed by atoms with van der Waals surface area (Å²) in [5, 5.41) is 3.34. The van der Waals surface area contributed by atoms with Crippen LogP contribution in [0.15, 0.2) is 24.5 Å². The van der Waals surface area contributed by atoms with Gasteiger partial charge in [-0.15, -0.1) is 0 Å². The highest BCUT2D eigenvalue weighted by molar-refractivity contribution is 5.44. The molecular formula is C17H20F3N7O. The lowest BCUT2D eigenvalue weighted by molar-refractivity contribution is -0.141. The van der Waals surface area contributed by atoms with Crippen LogP contribution in [0.1, 0.15) is 12.1 Å². The Bertz CT molecular complexity index is 813. The van der Waals surface area contributed by atoms with E-state index in [4.69, 9.17) is 4.74 Å². The highest BCUT2D eigenvalue weighted by Crippen LogP contribution is 2.29. The zero-order valence-corrected chi connectivity index (χ0v) is 15.1. The zero-order valence-electron chi connectivity index (χ0n) is 15.1. The SMILES string of the molecule is FC(F)(F)c1ccnc(N2CCC(Nc3ccnc(N4CCOCC4)n3)C2)n1. The lowest BCUT2D eigenvalue weighted by Crippen LogP contribution is -2.37. The van der Waals surface area contributed by atoms with E-state index >= 15 is 0 Å². The van der Waals surface area contributed by atoms with Crippen molar-refractivity contribution < 1.29 is 17.9 Å². The molecule has 28 heavy (non-hydrogen) atoms. The molecule has 2 aliphatic rings. The second kappa shape index (κ2) is 7.74. The summed E-state index contributed by atoms with van der Waals surface area (Å²) in [6, 6.07) is 2.70. The normalized spacial score (nSPS) is 20.5. The van der Waals surface area contributed by atoms with Gasteiger partial charge in [0.25, 0.3) is 0 Å². The van der Waals surface area contributed by atoms with Crippen LogP contribution in [0.4, 0.5) is 30.9 Å². The summed E-state index contributed by atoms with van der Waals surface area (Å²) in [6.07, 6.45) is -0.893. The lowest BCUT2D eigenvalue weighted by Gasteiger charge is -2.27. The van der Waals surface area contributed by atoms with Crippen LogP contribution in [0.2, 0.25) is 0 Å². The molecule has 2 aromatic heterocycles. The quantitative estimate of drug-likeness (QED) is 0.840. The van der Waals surface area contributed by atoms with Gasteiger partial charge in [-0.05, 0) is 18.6 Å². The van der Waals surface area contributed by atoms with Crippen molar-refractivity contribution in [2.75, 3.05) is 54.5 Å². The Kier molecular flexibility index (Phi) is 5.16. The van der Waals surface area contributed by atoms with Crippen molar-refractivity contribution in [1.29, 1.82) is 0 Å². The molecule has 0 radical (unpaired) electrons. The average molecular weight is 395 g/mol. The summed E-state index contributed by atoms with van der Waals surface area (Å²) in [4.78, 5) is 20.3. The van der Waals surface area contributed by atoms with Crippen LogP contribution in [0.5, 0.6) is 0 Å². The number of alkyl halides is 3. The minimum absolute atomic E-state index is 0.0329. The number of anilines is 3. The molecular weight excluding hydrogens is 375 g/mol. The largest absolute Gasteiger partial charge is 0.433 e. The molecule has 11 heteroatoms. The highest BCUT2D eigenvalue weighted by Gasteiger charge is 2.34. The molecule has 0 saturated carbocycles. The second-order valence-corrected chi connectivity index (χ2v) is 6.66. The number of nitrogens with zero attached hydrogens (tertiary/aromatic N) is 6. The van der Waals surface area contributed by atoms with Gasteiger partial charge in [0.05, 0.1) is 13.2 Å². The Morgan fingerprint density at radius 1 is 0.964 bits per heavy atom. The van der Waals surface area contributed by atoms with Crippen LogP contribution in [0.25, 0.3) is 0 Å². The Balaban J connectivity index is 1.40. The molecule has 2 aliphatic heterocycles. The number of halogens is 3. The minimum atomic E-state index is -4.48. The summed E-state index contributed by atoms with van der Waals surface area (Å²) >= 11 is 0. The van der Waals surface area contributed by atoms with Gasteiger partial charge in [0.2, 0.25) is 11.9 Å². The molecule has 1 N–H and O–H groups in total. The molecule has 1 unspecified atom stereocenters. The van der Waals surface area contributed by atoms with Gasteiger partial charge in [0, 0.05) is 44.6 Å². The zero-order chi connectivity index (χ0) is 19.6. The molecule has 2 aromatic rings. The third-order valence-corrected chi connectivity index (χ3v) is 4.69. The lowest BCUT2D eigenvalue weighted by atomic mass is 10.2. The molecule has 0 bridgehead atoms. The summed E-state index contributed by atoms with van der Waals surface area (Å²) in [5.41, 5.74) is -0.931. The molecule has 2 fully saturated rings. The van der Waals surface area contributed by atoms with Gasteiger partial charge in [-0.2, -0.15) is 18.2 Å². The number of rotatable bonds is 4. The summed E-state index contributed by atoms with van der Waals surface area (Å²) in [7, 11) is 0. The number of hydrogen-bond donors (Lipinski definition) is 1. The van der Waals surface area contributed by atoms with Crippen molar-refractivity contribution in [2.24, 2.45) is 0 Å². The van der Waals surface area contributed by atoms with Gasteiger partial charge in [-0.3, -0.25) is 0 Å². The molecule has 0 spiro atoms. The first kappa shape index (κ1) is 18.7. The van der Waals surface area contributed by atoms with Gasteiger partial charge in [0.15, 0.2) is 0 Å². The Morgan fingerprint density at radius 2 is 1.68 bits per heavy atom. The standard InChI is InChI=1S/C17H20F3N7O/c18-17(19,20)13-1-4-21-15(24-13)27-6-3-12(11-27)23-14-2-5-22-16(25-14)26-7-9-28-10-8-26/h1-2,4-5,12H,3,6-11H2,(H,22,23,25). The molecule has 8 nitrogen and oxygen atoms in total. The van der Waals surface area contributed by atoms with Gasteiger partial charge in [0.1, 0.15) is 11.5 Å². The maximum atomic E-state index is 12.9. The molecule has 2 saturated heterocycles. The van der Waals surface area contributed by atoms with Gasteiger partial charge < -0.3 is 19.9 Å². The van der Waals surface area contributed by atoms with Crippen molar-refractivity contribution >= 4 is 17.7 Å². The van der Waals surface area contributed by atoms with E-state index in [1.165, 1.54) is 0 Å². The monoisotopic (exact) mass is 395 g/mol. The predicted molar refractivity (Wildman–Crippen MR) is 96.3 cm³/mol. The minimum Gasteiger partial charge on any atom is -0.378 e. The fourth-order valence-corrected chi connectivity index (χ4v) is 3.27. The number of aromatic nitrogens is 4. The first-order valence-electron chi connectivity index (χ1n) is 9.06. The maximum absolute atomic E-state index is 12.9. The van der Waals surface area contributed by atoms with Gasteiger partial charge in [-0.1, -0.05) is 0 Å². The first-order chi connectivity index (χ1) is 13.5. The van der Waals surface area contributed by atoms with Crippen LogP contribution in [-0.2, 0) is 10.9 Å². The van der Waals surface area contributed by atoms with E-state index in [1.807, 2.05) is 0 Å². The van der Waals surface area contributed by atoms with Crippen LogP contribution < -0.4 is 15.1 Å². The van der Waals surface area contributed by atoms with Crippen molar-refractivity contribution in [3.8, 4) is 0 Å². The van der Waals surface area contributed by atoms with E-state index in [1.54, 1.807) is 17.2 Å². The summed E-state index contributed by atoms with van der Waals surface area (Å²) in [6.45, 7) is 3.85. The number of hydrogen-bond acceptors (Lipinski definition) is 8. The van der Waals surface area contributed by atoms with Crippen LogP contribution in [0.3, 0.4) is 0 Å². The van der Waals surface area contributed by atoms with E-state index in [0.717, 1.165) is 31.8 Å². The fourth-order valence-electron chi connectivity index (χ4n) is 3.27. The van der Waals surface area contributed by atoms with Crippen LogP contribution >= 0.6 is 0 Å². The average Bonchev–Trinajstić information content (AvgIpc) is 3.17. The van der Waals surface area contributed by atoms with Crippen molar-refractivity contribution in [3.05, 3.63) is 30.2 Å². The smallest absolute Gasteiger partial charge is 0.378 e. The Labute approximate surface area is 159 Å². The Hall–Kier alpha value is -2.69. The molecule has 150 valence electrons. The van der Waals surface area contributed by atoms with E-state index in [-0.39, 0.29) is 12.0 Å². The van der Waals surface area contributed by atoms with E-state index in [0.29, 0.717) is 38.1 Å². The van der Waals surface area contributed by atoms with Crippen molar-refractivity contribution in [3.63, 3.8) is 0 Å². The molecule has 4 heterocycles. The number of nitrogens with one attached hydrogen (secondary N) is 1. The number of ether oxygens (including phenoxy) is 1. The molecule has 4 rings (SSSR count). The van der Waals surface area contributed by atoms with E-state index < -0.39 is 11.9 Å². The van der Waals surface area contributed by atoms with Crippen molar-refractivity contribution in [2.45, 2.75) is 18.6 Å². The Morgan fingerprint density at radius 3 is 2.43 bits per heavy atom. The second-order valence-electron chi connectivity index (χ2n) is 6.66. The van der Waals surface area contributed by atoms with Crippen LogP contribution in [-0.4, -0.2) is 65.4 Å². The third kappa shape index (κ3) is 4.24. The molecule has 0 aromatic carbocycles. The first-order valence-corrected chi connectivity index (χ1v) is 9.06. The maximum Gasteiger partial charge on any atom is 0.433 e. The number of morpholine rings is 1. The third-order valence-electron chi connectivity index (χ3n) is 4.69. The molecule has 0 aliphatic carbocycles. The predicted octanol–water partition coefficient (Wildman–Crippen LogP) is 1.81. The molecule has 1 atom stereocenters. The van der Waals surface area contributed by atoms with Crippen molar-refractivity contribution in [1.82, 2.24) is 19.9 Å². The van der Waals surface area contributed by atoms with Crippen LogP contribution in [0, 0.1) is 0 Å². The molecule has 0 amide bonds. The van der Waals surface area contributed by atoms with Gasteiger partial charge in [-0.25, -0.2) is 15.0 Å². The van der Waals surface area contributed by atoms with E-state index in [9.17, 15) is 13.2 Å². The summed E-state index contributed by atoms with van der Waals surface area (Å²) < 4.78 is 43.9. The highest BCUT2D eigenvalue weighted by atomic mass is 19.4.